The van der Waals surface area contributed by atoms with Gasteiger partial charge in [0.25, 0.3) is 11.4 Å². The van der Waals surface area contributed by atoms with Crippen LogP contribution < -0.4 is 0 Å². The van der Waals surface area contributed by atoms with Crippen molar-refractivity contribution < 1.29 is 31.9 Å². The van der Waals surface area contributed by atoms with Crippen molar-refractivity contribution in [3.8, 4) is 0 Å². The Kier molecular flexibility index (Phi) is 8.54. The second kappa shape index (κ2) is 4.65. The molecule has 0 aliphatic rings. The van der Waals surface area contributed by atoms with Gasteiger partial charge in [-0.15, -0.1) is 0 Å². The molecule has 0 aliphatic carbocycles. The third-order valence-electron chi connectivity index (χ3n) is 0. The second-order valence-corrected chi connectivity index (χ2v) is 0.692. The van der Waals surface area contributed by atoms with Crippen molar-refractivity contribution in [1.29, 1.82) is 0 Å². The summed E-state index contributed by atoms with van der Waals surface area (Å²) in [5.41, 5.74) is 0. The SMILES string of the molecule is O=S(O)O.[V]. The molecule has 0 spiro atoms. The quantitative estimate of drug-likeness (QED) is 0.445. The van der Waals surface area contributed by atoms with Crippen molar-refractivity contribution in [2.75, 3.05) is 0 Å². The smallest absolute Gasteiger partial charge is 0.284 e. The Morgan fingerprint density at radius 3 is 1.40 bits per heavy atom. The summed E-state index contributed by atoms with van der Waals surface area (Å²) in [5.74, 6) is 0. The fraction of sp³-hybridized carbons (Fsp3) is 0. The molecular weight excluding hydrogens is 131 g/mol. The van der Waals surface area contributed by atoms with E-state index in [0.29, 0.717) is 0 Å². The maximum atomic E-state index is 8.67. The van der Waals surface area contributed by atoms with Crippen LogP contribution in [0.4, 0.5) is 0 Å². The predicted octanol–water partition coefficient (Wildman–Crippen LogP) is -0.321. The molecule has 0 rings (SSSR count). The summed E-state index contributed by atoms with van der Waals surface area (Å²) in [6.07, 6.45) is 0. The molecule has 0 bridgehead atoms. The maximum Gasteiger partial charge on any atom is 0.299 e. The first kappa shape index (κ1) is 9.17. The molecule has 2 N–H and O–H groups in total. The third-order valence-corrected chi connectivity index (χ3v) is 0. The largest absolute Gasteiger partial charge is 0.299 e. The molecule has 0 heterocycles. The van der Waals surface area contributed by atoms with Crippen LogP contribution in [-0.2, 0) is 29.9 Å². The molecule has 0 atom stereocenters. The monoisotopic (exact) mass is 133 g/mol. The molecule has 0 unspecified atom stereocenters. The van der Waals surface area contributed by atoms with Gasteiger partial charge in [0.1, 0.15) is 0 Å². The fourth-order valence-corrected chi connectivity index (χ4v) is 0. The zero-order chi connectivity index (χ0) is 3.58. The molecule has 31 valence electrons. The molecule has 0 aliphatic heterocycles. The van der Waals surface area contributed by atoms with Crippen molar-refractivity contribution >= 4 is 11.4 Å². The molecule has 0 saturated heterocycles. The number of rotatable bonds is 0. The van der Waals surface area contributed by atoms with Gasteiger partial charge in [-0.05, 0) is 0 Å². The Bertz CT molecular complexity index is 29.9. The Hall–Kier alpha value is 0.654. The van der Waals surface area contributed by atoms with Gasteiger partial charge >= 0.3 is 0 Å². The summed E-state index contributed by atoms with van der Waals surface area (Å²) in [7, 11) is 0. The molecule has 0 aromatic heterocycles. The Labute approximate surface area is 43.8 Å². The summed E-state index contributed by atoms with van der Waals surface area (Å²) in [6.45, 7) is 0. The van der Waals surface area contributed by atoms with Crippen LogP contribution in [0.1, 0.15) is 0 Å². The van der Waals surface area contributed by atoms with E-state index in [1.165, 1.54) is 0 Å². The Morgan fingerprint density at radius 1 is 1.40 bits per heavy atom. The first-order valence-electron chi connectivity index (χ1n) is 0.532. The van der Waals surface area contributed by atoms with Crippen molar-refractivity contribution in [2.45, 2.75) is 0 Å². The number of hydrogen-bond donors (Lipinski definition) is 2. The summed E-state index contributed by atoms with van der Waals surface area (Å²) < 4.78 is 22.8. The van der Waals surface area contributed by atoms with Crippen LogP contribution in [0.25, 0.3) is 0 Å². The van der Waals surface area contributed by atoms with Crippen molar-refractivity contribution in [3.63, 3.8) is 0 Å². The van der Waals surface area contributed by atoms with E-state index >= 15 is 0 Å². The minimum Gasteiger partial charge on any atom is -0.284 e. The Morgan fingerprint density at radius 2 is 1.40 bits per heavy atom. The van der Waals surface area contributed by atoms with Gasteiger partial charge in [-0.1, -0.05) is 0 Å². The van der Waals surface area contributed by atoms with E-state index in [9.17, 15) is 0 Å². The summed E-state index contributed by atoms with van der Waals surface area (Å²) in [5, 5.41) is 0. The molecule has 0 aromatic rings. The average Bonchev–Trinajstić information content (AvgIpc) is 0.811. The van der Waals surface area contributed by atoms with E-state index in [1.807, 2.05) is 0 Å². The van der Waals surface area contributed by atoms with Crippen LogP contribution in [0.2, 0.25) is 0 Å². The second-order valence-electron chi connectivity index (χ2n) is 0.231. The van der Waals surface area contributed by atoms with Gasteiger partial charge in [-0.2, -0.15) is 4.21 Å². The summed E-state index contributed by atoms with van der Waals surface area (Å²) in [6, 6.07) is 0. The molecule has 5 heavy (non-hydrogen) atoms. The van der Waals surface area contributed by atoms with E-state index in [0.717, 1.165) is 0 Å². The van der Waals surface area contributed by atoms with Crippen LogP contribution in [0.15, 0.2) is 0 Å². The minimum atomic E-state index is -2.61. The Balaban J connectivity index is 0. The summed E-state index contributed by atoms with van der Waals surface area (Å²) in [4.78, 5) is 0. The normalized spacial score (nSPS) is 7.00. The standard InChI is InChI=1S/H2O3S.V/c1-4(2)3;/h(H2,1,2,3);. The molecule has 0 fully saturated rings. The van der Waals surface area contributed by atoms with E-state index in [1.54, 1.807) is 0 Å². The van der Waals surface area contributed by atoms with E-state index in [-0.39, 0.29) is 18.6 Å². The zero-order valence-electron chi connectivity index (χ0n) is 2.16. The minimum absolute atomic E-state index is 0. The molecule has 0 amide bonds. The molecular formula is H2O3SV. The molecule has 0 aromatic carbocycles. The molecule has 5 heteroatoms. The van der Waals surface area contributed by atoms with E-state index in [2.05, 4.69) is 0 Å². The first-order valence-corrected chi connectivity index (χ1v) is 1.60. The van der Waals surface area contributed by atoms with Crippen LogP contribution in [0.5, 0.6) is 0 Å². The maximum absolute atomic E-state index is 8.67. The molecule has 3 nitrogen and oxygen atoms in total. The predicted molar refractivity (Wildman–Crippen MR) is 13.4 cm³/mol. The summed E-state index contributed by atoms with van der Waals surface area (Å²) >= 11 is -2.61. The van der Waals surface area contributed by atoms with Gasteiger partial charge in [-0.3, -0.25) is 9.11 Å². The van der Waals surface area contributed by atoms with Crippen molar-refractivity contribution in [2.24, 2.45) is 0 Å². The number of hydrogen-bond acceptors (Lipinski definition) is 1. The van der Waals surface area contributed by atoms with E-state index < -0.39 is 11.4 Å². The van der Waals surface area contributed by atoms with Gasteiger partial charge in [-0.25, -0.2) is 0 Å². The van der Waals surface area contributed by atoms with Gasteiger partial charge < -0.3 is 0 Å². The van der Waals surface area contributed by atoms with Gasteiger partial charge in [0.05, 0.1) is 0 Å². The zero-order valence-corrected chi connectivity index (χ0v) is 4.37. The van der Waals surface area contributed by atoms with Crippen LogP contribution in [0.3, 0.4) is 0 Å². The van der Waals surface area contributed by atoms with Crippen LogP contribution in [0, 0.1) is 0 Å². The van der Waals surface area contributed by atoms with E-state index in [4.69, 9.17) is 13.3 Å². The fourth-order valence-electron chi connectivity index (χ4n) is 0. The van der Waals surface area contributed by atoms with Crippen LogP contribution >= 0.6 is 0 Å². The average molecular weight is 133 g/mol. The third kappa shape index (κ3) is 76.6. The van der Waals surface area contributed by atoms with Crippen molar-refractivity contribution in [1.82, 2.24) is 0 Å². The van der Waals surface area contributed by atoms with Gasteiger partial charge in [0.15, 0.2) is 0 Å². The molecule has 1 radical (unpaired) electrons. The topological polar surface area (TPSA) is 57.5 Å². The first-order chi connectivity index (χ1) is 1.73. The van der Waals surface area contributed by atoms with Crippen LogP contribution in [-0.4, -0.2) is 13.3 Å². The van der Waals surface area contributed by atoms with Gasteiger partial charge in [0.2, 0.25) is 0 Å². The van der Waals surface area contributed by atoms with Gasteiger partial charge in [0, 0.05) is 18.6 Å². The van der Waals surface area contributed by atoms with Crippen molar-refractivity contribution in [3.05, 3.63) is 0 Å². The molecule has 0 saturated carbocycles.